The smallest absolute Gasteiger partial charge is 0.219 e. The summed E-state index contributed by atoms with van der Waals surface area (Å²) >= 11 is 0. The van der Waals surface area contributed by atoms with Crippen molar-refractivity contribution in [2.45, 2.75) is 13.0 Å². The summed E-state index contributed by atoms with van der Waals surface area (Å²) in [5.41, 5.74) is 10.9. The standard InChI is InChI=1S/C6H10N4O/c7-5-3-9-10(4-5)2-1-6(8)11/h3-4H,1-2,7H2,(H2,8,11). The lowest BCUT2D eigenvalue weighted by molar-refractivity contribution is -0.118. The number of carbonyl (C=O) groups excluding carboxylic acids is 1. The molecule has 0 saturated carbocycles. The Bertz CT molecular complexity index is 255. The van der Waals surface area contributed by atoms with Crippen molar-refractivity contribution >= 4 is 11.6 Å². The SMILES string of the molecule is NC(=O)CCn1cc(N)cn1. The van der Waals surface area contributed by atoms with E-state index < -0.39 is 0 Å². The molecule has 0 radical (unpaired) electrons. The Morgan fingerprint density at radius 3 is 2.91 bits per heavy atom. The first-order valence-electron chi connectivity index (χ1n) is 3.25. The maximum Gasteiger partial charge on any atom is 0.219 e. The first kappa shape index (κ1) is 7.59. The van der Waals surface area contributed by atoms with Crippen LogP contribution in [0.2, 0.25) is 0 Å². The van der Waals surface area contributed by atoms with Crippen molar-refractivity contribution in [2.75, 3.05) is 5.73 Å². The normalized spacial score (nSPS) is 9.82. The number of aromatic nitrogens is 2. The van der Waals surface area contributed by atoms with Crippen LogP contribution in [0.5, 0.6) is 0 Å². The monoisotopic (exact) mass is 154 g/mol. The van der Waals surface area contributed by atoms with Gasteiger partial charge in [-0.15, -0.1) is 0 Å². The van der Waals surface area contributed by atoms with E-state index >= 15 is 0 Å². The number of hydrogen-bond acceptors (Lipinski definition) is 3. The first-order valence-corrected chi connectivity index (χ1v) is 3.25. The molecular weight excluding hydrogens is 144 g/mol. The summed E-state index contributed by atoms with van der Waals surface area (Å²) in [6.07, 6.45) is 3.48. The van der Waals surface area contributed by atoms with Gasteiger partial charge in [0, 0.05) is 19.2 Å². The largest absolute Gasteiger partial charge is 0.396 e. The summed E-state index contributed by atoms with van der Waals surface area (Å²) in [6, 6.07) is 0. The van der Waals surface area contributed by atoms with E-state index in [1.165, 1.54) is 6.20 Å². The molecule has 0 aromatic carbocycles. The number of nitrogens with zero attached hydrogens (tertiary/aromatic N) is 2. The van der Waals surface area contributed by atoms with Crippen LogP contribution in [0, 0.1) is 0 Å². The second-order valence-corrected chi connectivity index (χ2v) is 2.25. The van der Waals surface area contributed by atoms with Gasteiger partial charge in [-0.25, -0.2) is 0 Å². The van der Waals surface area contributed by atoms with Crippen molar-refractivity contribution in [1.82, 2.24) is 9.78 Å². The summed E-state index contributed by atoms with van der Waals surface area (Å²) in [5, 5.41) is 3.87. The van der Waals surface area contributed by atoms with Gasteiger partial charge in [0.2, 0.25) is 5.91 Å². The van der Waals surface area contributed by atoms with E-state index in [0.29, 0.717) is 18.7 Å². The van der Waals surface area contributed by atoms with Gasteiger partial charge in [-0.2, -0.15) is 5.10 Å². The van der Waals surface area contributed by atoms with Crippen LogP contribution in [-0.2, 0) is 11.3 Å². The number of rotatable bonds is 3. The Kier molecular flexibility index (Phi) is 2.10. The molecular formula is C6H10N4O. The molecule has 0 aliphatic heterocycles. The second kappa shape index (κ2) is 3.05. The maximum atomic E-state index is 10.3. The van der Waals surface area contributed by atoms with Crippen molar-refractivity contribution in [3.05, 3.63) is 12.4 Å². The van der Waals surface area contributed by atoms with Crippen LogP contribution in [0.4, 0.5) is 5.69 Å². The number of anilines is 1. The van der Waals surface area contributed by atoms with Crippen molar-refractivity contribution < 1.29 is 4.79 Å². The molecule has 1 amide bonds. The van der Waals surface area contributed by atoms with Gasteiger partial charge in [-0.3, -0.25) is 9.48 Å². The van der Waals surface area contributed by atoms with E-state index in [1.54, 1.807) is 10.9 Å². The highest BCUT2D eigenvalue weighted by Gasteiger charge is 1.96. The Morgan fingerprint density at radius 1 is 1.73 bits per heavy atom. The molecule has 5 nitrogen and oxygen atoms in total. The lowest BCUT2D eigenvalue weighted by Crippen LogP contribution is -2.14. The predicted octanol–water partition coefficient (Wildman–Crippen LogP) is -0.659. The fraction of sp³-hybridized carbons (Fsp3) is 0.333. The number of aryl methyl sites for hydroxylation is 1. The molecule has 0 aliphatic carbocycles. The molecule has 0 aliphatic rings. The van der Waals surface area contributed by atoms with Crippen LogP contribution in [0.15, 0.2) is 12.4 Å². The van der Waals surface area contributed by atoms with E-state index in [2.05, 4.69) is 5.10 Å². The van der Waals surface area contributed by atoms with E-state index in [-0.39, 0.29) is 5.91 Å². The Hall–Kier alpha value is -1.52. The maximum absolute atomic E-state index is 10.3. The van der Waals surface area contributed by atoms with Gasteiger partial charge in [0.05, 0.1) is 11.9 Å². The van der Waals surface area contributed by atoms with Crippen molar-refractivity contribution in [2.24, 2.45) is 5.73 Å². The van der Waals surface area contributed by atoms with Crippen LogP contribution >= 0.6 is 0 Å². The Balaban J connectivity index is 2.45. The van der Waals surface area contributed by atoms with Crippen molar-refractivity contribution in [1.29, 1.82) is 0 Å². The van der Waals surface area contributed by atoms with Gasteiger partial charge in [0.1, 0.15) is 0 Å². The lowest BCUT2D eigenvalue weighted by atomic mass is 10.4. The minimum atomic E-state index is -0.334. The van der Waals surface area contributed by atoms with Gasteiger partial charge in [0.25, 0.3) is 0 Å². The van der Waals surface area contributed by atoms with Crippen LogP contribution in [0.25, 0.3) is 0 Å². The average Bonchev–Trinajstić information content (AvgIpc) is 2.31. The number of nitrogen functional groups attached to an aromatic ring is 1. The van der Waals surface area contributed by atoms with Gasteiger partial charge in [0.15, 0.2) is 0 Å². The number of nitrogens with two attached hydrogens (primary N) is 2. The van der Waals surface area contributed by atoms with Crippen LogP contribution in [-0.4, -0.2) is 15.7 Å². The summed E-state index contributed by atoms with van der Waals surface area (Å²) < 4.78 is 1.58. The van der Waals surface area contributed by atoms with Gasteiger partial charge in [-0.05, 0) is 0 Å². The van der Waals surface area contributed by atoms with E-state index in [9.17, 15) is 4.79 Å². The van der Waals surface area contributed by atoms with Gasteiger partial charge >= 0.3 is 0 Å². The molecule has 5 heteroatoms. The summed E-state index contributed by atoms with van der Waals surface area (Å²) in [5.74, 6) is -0.334. The molecule has 1 aromatic rings. The van der Waals surface area contributed by atoms with E-state index in [4.69, 9.17) is 11.5 Å². The molecule has 60 valence electrons. The third-order valence-corrected chi connectivity index (χ3v) is 1.24. The molecule has 0 unspecified atom stereocenters. The zero-order valence-corrected chi connectivity index (χ0v) is 6.03. The zero-order chi connectivity index (χ0) is 8.27. The summed E-state index contributed by atoms with van der Waals surface area (Å²) in [7, 11) is 0. The number of hydrogen-bond donors (Lipinski definition) is 2. The number of carbonyl (C=O) groups is 1. The van der Waals surface area contributed by atoms with Gasteiger partial charge < -0.3 is 11.5 Å². The van der Waals surface area contributed by atoms with Crippen LogP contribution < -0.4 is 11.5 Å². The molecule has 11 heavy (non-hydrogen) atoms. The van der Waals surface area contributed by atoms with Crippen molar-refractivity contribution in [3.63, 3.8) is 0 Å². The highest BCUT2D eigenvalue weighted by atomic mass is 16.1. The highest BCUT2D eigenvalue weighted by Crippen LogP contribution is 1.97. The third kappa shape index (κ3) is 2.29. The van der Waals surface area contributed by atoms with Crippen molar-refractivity contribution in [3.8, 4) is 0 Å². The van der Waals surface area contributed by atoms with Crippen LogP contribution in [0.3, 0.4) is 0 Å². The second-order valence-electron chi connectivity index (χ2n) is 2.25. The third-order valence-electron chi connectivity index (χ3n) is 1.24. The minimum absolute atomic E-state index is 0.293. The Morgan fingerprint density at radius 2 is 2.45 bits per heavy atom. The van der Waals surface area contributed by atoms with E-state index in [1.807, 2.05) is 0 Å². The highest BCUT2D eigenvalue weighted by molar-refractivity contribution is 5.73. The minimum Gasteiger partial charge on any atom is -0.396 e. The molecule has 1 rings (SSSR count). The molecule has 0 spiro atoms. The molecule has 0 saturated heterocycles. The molecule has 1 aromatic heterocycles. The summed E-state index contributed by atoms with van der Waals surface area (Å²) in [6.45, 7) is 0.493. The summed E-state index contributed by atoms with van der Waals surface area (Å²) in [4.78, 5) is 10.3. The van der Waals surface area contributed by atoms with E-state index in [0.717, 1.165) is 0 Å². The van der Waals surface area contributed by atoms with Crippen LogP contribution in [0.1, 0.15) is 6.42 Å². The fourth-order valence-electron chi connectivity index (χ4n) is 0.727. The topological polar surface area (TPSA) is 86.9 Å². The number of primary amides is 1. The zero-order valence-electron chi connectivity index (χ0n) is 6.03. The average molecular weight is 154 g/mol. The fourth-order valence-corrected chi connectivity index (χ4v) is 0.727. The molecule has 0 fully saturated rings. The molecule has 0 atom stereocenters. The quantitative estimate of drug-likeness (QED) is 0.606. The molecule has 0 bridgehead atoms. The lowest BCUT2D eigenvalue weighted by Gasteiger charge is -1.95. The van der Waals surface area contributed by atoms with Gasteiger partial charge in [-0.1, -0.05) is 0 Å². The Labute approximate surface area is 64.0 Å². The molecule has 4 N–H and O–H groups in total. The molecule has 1 heterocycles. The predicted molar refractivity (Wildman–Crippen MR) is 40.5 cm³/mol. The first-order chi connectivity index (χ1) is 5.18. The number of amides is 1.